The number of carbonyl (C=O) groups excluding carboxylic acids is 1. The molecule has 0 aromatic heterocycles. The molecule has 80 valence electrons. The van der Waals surface area contributed by atoms with Crippen molar-refractivity contribution in [1.29, 1.82) is 0 Å². The molecule has 0 amide bonds. The topological polar surface area (TPSA) is 17.1 Å². The summed E-state index contributed by atoms with van der Waals surface area (Å²) >= 11 is 3.34. The molecule has 1 aromatic rings. The molecule has 0 radical (unpaired) electrons. The van der Waals surface area contributed by atoms with Crippen LogP contribution < -0.4 is 0 Å². The lowest BCUT2D eigenvalue weighted by Crippen LogP contribution is -1.91. The fraction of sp³-hybridized carbons (Fsp3) is 0.154. The molecule has 0 fully saturated rings. The van der Waals surface area contributed by atoms with E-state index in [1.807, 2.05) is 31.2 Å². The van der Waals surface area contributed by atoms with E-state index in [9.17, 15) is 4.79 Å². The fourth-order valence-electron chi connectivity index (χ4n) is 1.28. The first kappa shape index (κ1) is 13.8. The van der Waals surface area contributed by atoms with Gasteiger partial charge in [-0.2, -0.15) is 0 Å². The normalized spacial score (nSPS) is 9.73. The van der Waals surface area contributed by atoms with Gasteiger partial charge in [0.25, 0.3) is 0 Å². The molecule has 1 nitrogen and oxygen atoms in total. The number of allylic oxidation sites excluding steroid dienone is 1. The maximum absolute atomic E-state index is 10.9. The molecule has 0 saturated heterocycles. The summed E-state index contributed by atoms with van der Waals surface area (Å²) in [5.41, 5.74) is 2.54. The van der Waals surface area contributed by atoms with Gasteiger partial charge in [-0.05, 0) is 24.1 Å². The molecule has 1 rings (SSSR count). The van der Waals surface area contributed by atoms with Gasteiger partial charge in [-0.15, -0.1) is 0 Å². The molecule has 0 N–H and O–H groups in total. The van der Waals surface area contributed by atoms with Crippen molar-refractivity contribution in [2.75, 3.05) is 0 Å². The molecule has 0 saturated carbocycles. The monoisotopic (exact) mass is 266 g/mol. The highest BCUT2D eigenvalue weighted by Crippen LogP contribution is 2.24. The minimum atomic E-state index is 0. The minimum Gasteiger partial charge on any atom is -0.298 e. The second-order valence-electron chi connectivity index (χ2n) is 2.79. The molecule has 15 heavy (non-hydrogen) atoms. The van der Waals surface area contributed by atoms with Crippen LogP contribution in [0.3, 0.4) is 0 Å². The zero-order chi connectivity index (χ0) is 10.6. The second-order valence-corrected chi connectivity index (χ2v) is 3.64. The predicted molar refractivity (Wildman–Crippen MR) is 71.1 cm³/mol. The Bertz CT molecular complexity index is 392. The van der Waals surface area contributed by atoms with Crippen molar-refractivity contribution in [1.82, 2.24) is 0 Å². The van der Waals surface area contributed by atoms with E-state index >= 15 is 0 Å². The summed E-state index contributed by atoms with van der Waals surface area (Å²) in [7, 11) is 0. The van der Waals surface area contributed by atoms with Crippen LogP contribution in [0.1, 0.15) is 35.8 Å². The van der Waals surface area contributed by atoms with E-state index in [1.165, 1.54) is 0 Å². The summed E-state index contributed by atoms with van der Waals surface area (Å²) in [5.74, 6) is 0. The quantitative estimate of drug-likeness (QED) is 0.733. The van der Waals surface area contributed by atoms with Gasteiger partial charge < -0.3 is 0 Å². The molecule has 0 aliphatic heterocycles. The van der Waals surface area contributed by atoms with E-state index in [0.29, 0.717) is 5.56 Å². The first-order valence-corrected chi connectivity index (χ1v) is 5.06. The fourth-order valence-corrected chi connectivity index (χ4v) is 1.72. The first-order chi connectivity index (χ1) is 6.74. The Morgan fingerprint density at radius 3 is 2.47 bits per heavy atom. The molecule has 0 aliphatic rings. The van der Waals surface area contributed by atoms with Gasteiger partial charge in [-0.3, -0.25) is 4.79 Å². The maximum Gasteiger partial charge on any atom is 0.151 e. The standard InChI is InChI=1S/C12H11BrO.CH4/c1-3-5-10-9(4-2)6-7-12(13)11(10)8-14;/h3-8H,2H2,1H3;1H4/b5-3-;. The van der Waals surface area contributed by atoms with E-state index in [-0.39, 0.29) is 7.43 Å². The van der Waals surface area contributed by atoms with Gasteiger partial charge in [-0.1, -0.05) is 54.2 Å². The molecule has 0 aliphatic carbocycles. The summed E-state index contributed by atoms with van der Waals surface area (Å²) < 4.78 is 0.811. The highest BCUT2D eigenvalue weighted by atomic mass is 79.9. The average molecular weight is 267 g/mol. The van der Waals surface area contributed by atoms with Crippen LogP contribution in [0.2, 0.25) is 0 Å². The van der Waals surface area contributed by atoms with Gasteiger partial charge in [0.15, 0.2) is 6.29 Å². The molecule has 0 unspecified atom stereocenters. The molecule has 0 spiro atoms. The van der Waals surface area contributed by atoms with Crippen LogP contribution in [-0.4, -0.2) is 6.29 Å². The Labute approximate surface area is 99.6 Å². The number of halogens is 1. The predicted octanol–water partition coefficient (Wildman–Crippen LogP) is 4.57. The average Bonchev–Trinajstić information content (AvgIpc) is 2.19. The third-order valence-corrected chi connectivity index (χ3v) is 2.63. The minimum absolute atomic E-state index is 0. The lowest BCUT2D eigenvalue weighted by atomic mass is 10.0. The molecule has 1 aromatic carbocycles. The number of carbonyl (C=O) groups is 1. The van der Waals surface area contributed by atoms with Crippen molar-refractivity contribution in [3.63, 3.8) is 0 Å². The smallest absolute Gasteiger partial charge is 0.151 e. The highest BCUT2D eigenvalue weighted by molar-refractivity contribution is 9.10. The van der Waals surface area contributed by atoms with Crippen LogP contribution >= 0.6 is 15.9 Å². The van der Waals surface area contributed by atoms with Gasteiger partial charge in [0, 0.05) is 10.0 Å². The third kappa shape index (κ3) is 2.90. The Balaban J connectivity index is 0.00000196. The van der Waals surface area contributed by atoms with E-state index in [2.05, 4.69) is 22.5 Å². The van der Waals surface area contributed by atoms with Crippen LogP contribution in [0.5, 0.6) is 0 Å². The first-order valence-electron chi connectivity index (χ1n) is 4.27. The molecule has 0 bridgehead atoms. The lowest BCUT2D eigenvalue weighted by molar-refractivity contribution is 0.112. The third-order valence-electron chi connectivity index (χ3n) is 1.94. The SMILES string of the molecule is C.C=Cc1ccc(Br)c(C=O)c1/C=C\C. The van der Waals surface area contributed by atoms with Crippen LogP contribution in [0, 0.1) is 0 Å². The number of benzene rings is 1. The number of aldehydes is 1. The summed E-state index contributed by atoms with van der Waals surface area (Å²) in [5, 5.41) is 0. The van der Waals surface area contributed by atoms with E-state index < -0.39 is 0 Å². The molecule has 0 atom stereocenters. The molecular formula is C13H15BrO. The van der Waals surface area contributed by atoms with Gasteiger partial charge in [0.1, 0.15) is 0 Å². The van der Waals surface area contributed by atoms with Crippen molar-refractivity contribution in [2.45, 2.75) is 14.4 Å². The summed E-state index contributed by atoms with van der Waals surface area (Å²) in [6.07, 6.45) is 6.41. The van der Waals surface area contributed by atoms with E-state index in [4.69, 9.17) is 0 Å². The van der Waals surface area contributed by atoms with Crippen LogP contribution in [0.25, 0.3) is 12.2 Å². The van der Waals surface area contributed by atoms with Gasteiger partial charge in [0.05, 0.1) is 0 Å². The van der Waals surface area contributed by atoms with E-state index in [0.717, 1.165) is 21.9 Å². The van der Waals surface area contributed by atoms with Crippen molar-refractivity contribution in [2.24, 2.45) is 0 Å². The van der Waals surface area contributed by atoms with Crippen LogP contribution in [-0.2, 0) is 0 Å². The Morgan fingerprint density at radius 1 is 1.33 bits per heavy atom. The van der Waals surface area contributed by atoms with Crippen LogP contribution in [0.4, 0.5) is 0 Å². The van der Waals surface area contributed by atoms with Gasteiger partial charge in [0.2, 0.25) is 0 Å². The van der Waals surface area contributed by atoms with Crippen molar-refractivity contribution in [3.05, 3.63) is 46.0 Å². The van der Waals surface area contributed by atoms with Crippen molar-refractivity contribution >= 4 is 34.4 Å². The maximum atomic E-state index is 10.9. The second kappa shape index (κ2) is 6.36. The number of hydrogen-bond donors (Lipinski definition) is 0. The van der Waals surface area contributed by atoms with Gasteiger partial charge >= 0.3 is 0 Å². The van der Waals surface area contributed by atoms with Crippen molar-refractivity contribution < 1.29 is 4.79 Å². The summed E-state index contributed by atoms with van der Waals surface area (Å²) in [6, 6.07) is 3.78. The summed E-state index contributed by atoms with van der Waals surface area (Å²) in [4.78, 5) is 10.9. The Kier molecular flexibility index (Phi) is 5.87. The largest absolute Gasteiger partial charge is 0.298 e. The number of rotatable bonds is 3. The van der Waals surface area contributed by atoms with Crippen molar-refractivity contribution in [3.8, 4) is 0 Å². The zero-order valence-corrected chi connectivity index (χ0v) is 9.54. The summed E-state index contributed by atoms with van der Waals surface area (Å²) in [6.45, 7) is 5.63. The molecule has 0 heterocycles. The lowest BCUT2D eigenvalue weighted by Gasteiger charge is -2.06. The van der Waals surface area contributed by atoms with Gasteiger partial charge in [-0.25, -0.2) is 0 Å². The number of hydrogen-bond acceptors (Lipinski definition) is 1. The molecular weight excluding hydrogens is 252 g/mol. The van der Waals surface area contributed by atoms with E-state index in [1.54, 1.807) is 6.08 Å². The molecule has 2 heteroatoms. The zero-order valence-electron chi connectivity index (χ0n) is 7.96. The highest BCUT2D eigenvalue weighted by Gasteiger charge is 2.06. The Hall–Kier alpha value is -1.15. The Morgan fingerprint density at radius 2 is 2.00 bits per heavy atom. The van der Waals surface area contributed by atoms with Crippen LogP contribution in [0.15, 0.2) is 29.3 Å².